The molecule has 0 unspecified atom stereocenters. The van der Waals surface area contributed by atoms with Crippen LogP contribution in [-0.2, 0) is 5.41 Å². The molecule has 3 nitrogen and oxygen atoms in total. The summed E-state index contributed by atoms with van der Waals surface area (Å²) in [6.07, 6.45) is 3.81. The summed E-state index contributed by atoms with van der Waals surface area (Å²) in [6.45, 7) is 7.34. The molecular formula is C16H24N2O. The standard InChI is InChI=1S/C16H24N2O/c1-16(2,3)13-7-9-14(10-8-13)18-15(19)17-11-12-5-4-6-12/h7-10,12H,4-6,11H2,1-3H3,(H2,17,18,19). The molecule has 19 heavy (non-hydrogen) atoms. The number of anilines is 1. The maximum absolute atomic E-state index is 11.7. The molecule has 0 aromatic heterocycles. The van der Waals surface area contributed by atoms with Gasteiger partial charge in [-0.05, 0) is 41.9 Å². The molecule has 1 fully saturated rings. The van der Waals surface area contributed by atoms with Crippen LogP contribution in [0.15, 0.2) is 24.3 Å². The van der Waals surface area contributed by atoms with Gasteiger partial charge in [0.05, 0.1) is 0 Å². The number of urea groups is 1. The number of benzene rings is 1. The molecule has 0 atom stereocenters. The van der Waals surface area contributed by atoms with E-state index in [-0.39, 0.29) is 11.4 Å². The van der Waals surface area contributed by atoms with Crippen molar-refractivity contribution >= 4 is 11.7 Å². The Morgan fingerprint density at radius 3 is 2.32 bits per heavy atom. The minimum Gasteiger partial charge on any atom is -0.338 e. The highest BCUT2D eigenvalue weighted by molar-refractivity contribution is 5.89. The molecule has 0 spiro atoms. The molecule has 1 aromatic carbocycles. The third-order valence-corrected chi connectivity index (χ3v) is 3.78. The molecule has 104 valence electrons. The number of nitrogens with one attached hydrogen (secondary N) is 2. The van der Waals surface area contributed by atoms with Crippen molar-refractivity contribution in [2.75, 3.05) is 11.9 Å². The Morgan fingerprint density at radius 2 is 1.84 bits per heavy atom. The summed E-state index contributed by atoms with van der Waals surface area (Å²) in [5, 5.41) is 5.80. The first-order valence-electron chi connectivity index (χ1n) is 7.10. The van der Waals surface area contributed by atoms with Crippen molar-refractivity contribution in [3.63, 3.8) is 0 Å². The van der Waals surface area contributed by atoms with Crippen LogP contribution in [0.5, 0.6) is 0 Å². The van der Waals surface area contributed by atoms with E-state index in [1.807, 2.05) is 12.1 Å². The largest absolute Gasteiger partial charge is 0.338 e. The molecular weight excluding hydrogens is 236 g/mol. The van der Waals surface area contributed by atoms with Crippen molar-refractivity contribution in [2.45, 2.75) is 45.4 Å². The minimum absolute atomic E-state index is 0.101. The highest BCUT2D eigenvalue weighted by Crippen LogP contribution is 2.25. The van der Waals surface area contributed by atoms with Gasteiger partial charge in [-0.3, -0.25) is 0 Å². The summed E-state index contributed by atoms with van der Waals surface area (Å²) < 4.78 is 0. The van der Waals surface area contributed by atoms with Gasteiger partial charge in [0.15, 0.2) is 0 Å². The number of rotatable bonds is 3. The lowest BCUT2D eigenvalue weighted by atomic mass is 9.85. The average Bonchev–Trinajstić information content (AvgIpc) is 2.26. The minimum atomic E-state index is -0.101. The van der Waals surface area contributed by atoms with E-state index in [0.717, 1.165) is 12.2 Å². The first-order chi connectivity index (χ1) is 8.95. The first kappa shape index (κ1) is 13.9. The summed E-state index contributed by atoms with van der Waals surface area (Å²) in [5.41, 5.74) is 2.26. The van der Waals surface area contributed by atoms with Crippen molar-refractivity contribution in [2.24, 2.45) is 5.92 Å². The van der Waals surface area contributed by atoms with Crippen molar-refractivity contribution in [3.8, 4) is 0 Å². The van der Waals surface area contributed by atoms with Crippen LogP contribution < -0.4 is 10.6 Å². The zero-order chi connectivity index (χ0) is 13.9. The van der Waals surface area contributed by atoms with Crippen LogP contribution in [-0.4, -0.2) is 12.6 Å². The fourth-order valence-corrected chi connectivity index (χ4v) is 2.16. The number of hydrogen-bond acceptors (Lipinski definition) is 1. The van der Waals surface area contributed by atoms with E-state index in [2.05, 4.69) is 43.5 Å². The summed E-state index contributed by atoms with van der Waals surface area (Å²) in [7, 11) is 0. The molecule has 0 bridgehead atoms. The van der Waals surface area contributed by atoms with Gasteiger partial charge < -0.3 is 10.6 Å². The maximum Gasteiger partial charge on any atom is 0.319 e. The molecule has 1 aromatic rings. The Hall–Kier alpha value is -1.51. The van der Waals surface area contributed by atoms with Crippen molar-refractivity contribution in [3.05, 3.63) is 29.8 Å². The maximum atomic E-state index is 11.7. The Morgan fingerprint density at radius 1 is 1.21 bits per heavy atom. The van der Waals surface area contributed by atoms with Crippen LogP contribution in [0.1, 0.15) is 45.6 Å². The van der Waals surface area contributed by atoms with Gasteiger partial charge in [0.2, 0.25) is 0 Å². The highest BCUT2D eigenvalue weighted by Gasteiger charge is 2.18. The highest BCUT2D eigenvalue weighted by atomic mass is 16.2. The molecule has 2 N–H and O–H groups in total. The van der Waals surface area contributed by atoms with E-state index in [4.69, 9.17) is 0 Å². The lowest BCUT2D eigenvalue weighted by Crippen LogP contribution is -2.35. The zero-order valence-corrected chi connectivity index (χ0v) is 12.1. The molecule has 3 heteroatoms. The number of hydrogen-bond donors (Lipinski definition) is 2. The fourth-order valence-electron chi connectivity index (χ4n) is 2.16. The van der Waals surface area contributed by atoms with Crippen LogP contribution in [0.4, 0.5) is 10.5 Å². The lowest BCUT2D eigenvalue weighted by Gasteiger charge is -2.25. The van der Waals surface area contributed by atoms with E-state index >= 15 is 0 Å². The Labute approximate surface area is 115 Å². The van der Waals surface area contributed by atoms with Gasteiger partial charge in [0.1, 0.15) is 0 Å². The molecule has 2 rings (SSSR count). The molecule has 0 radical (unpaired) electrons. The lowest BCUT2D eigenvalue weighted by molar-refractivity contribution is 0.243. The predicted molar refractivity (Wildman–Crippen MR) is 79.5 cm³/mol. The third-order valence-electron chi connectivity index (χ3n) is 3.78. The quantitative estimate of drug-likeness (QED) is 0.850. The molecule has 0 saturated heterocycles. The van der Waals surface area contributed by atoms with E-state index in [9.17, 15) is 4.79 Å². The second-order valence-electron chi connectivity index (χ2n) is 6.46. The van der Waals surface area contributed by atoms with E-state index in [1.165, 1.54) is 24.8 Å². The van der Waals surface area contributed by atoms with E-state index in [1.54, 1.807) is 0 Å². The van der Waals surface area contributed by atoms with Gasteiger partial charge in [-0.1, -0.05) is 39.3 Å². The van der Waals surface area contributed by atoms with Gasteiger partial charge in [0, 0.05) is 12.2 Å². The Kier molecular flexibility index (Phi) is 4.13. The summed E-state index contributed by atoms with van der Waals surface area (Å²) in [5.74, 6) is 0.689. The van der Waals surface area contributed by atoms with Crippen LogP contribution in [0.3, 0.4) is 0 Å². The van der Waals surface area contributed by atoms with Gasteiger partial charge >= 0.3 is 6.03 Å². The van der Waals surface area contributed by atoms with Crippen LogP contribution >= 0.6 is 0 Å². The second-order valence-corrected chi connectivity index (χ2v) is 6.46. The third kappa shape index (κ3) is 3.98. The Bertz CT molecular complexity index is 427. The van der Waals surface area contributed by atoms with E-state index in [0.29, 0.717) is 5.92 Å². The van der Waals surface area contributed by atoms with Gasteiger partial charge in [-0.25, -0.2) is 4.79 Å². The van der Waals surface area contributed by atoms with Crippen molar-refractivity contribution in [1.29, 1.82) is 0 Å². The topological polar surface area (TPSA) is 41.1 Å². The van der Waals surface area contributed by atoms with Crippen molar-refractivity contribution in [1.82, 2.24) is 5.32 Å². The molecule has 0 aliphatic heterocycles. The van der Waals surface area contributed by atoms with Crippen LogP contribution in [0.25, 0.3) is 0 Å². The van der Waals surface area contributed by atoms with Gasteiger partial charge in [0.25, 0.3) is 0 Å². The van der Waals surface area contributed by atoms with Crippen LogP contribution in [0.2, 0.25) is 0 Å². The second kappa shape index (κ2) is 5.64. The van der Waals surface area contributed by atoms with Crippen molar-refractivity contribution < 1.29 is 4.79 Å². The van der Waals surface area contributed by atoms with Gasteiger partial charge in [-0.2, -0.15) is 0 Å². The Balaban J connectivity index is 1.83. The number of carbonyl (C=O) groups excluding carboxylic acids is 1. The normalized spacial score (nSPS) is 15.7. The molecule has 1 saturated carbocycles. The summed E-state index contributed by atoms with van der Waals surface area (Å²) >= 11 is 0. The number of amides is 2. The molecule has 1 aliphatic rings. The van der Waals surface area contributed by atoms with Gasteiger partial charge in [-0.15, -0.1) is 0 Å². The molecule has 2 amide bonds. The SMILES string of the molecule is CC(C)(C)c1ccc(NC(=O)NCC2CCC2)cc1. The fraction of sp³-hybridized carbons (Fsp3) is 0.562. The summed E-state index contributed by atoms with van der Waals surface area (Å²) in [6, 6.07) is 7.96. The smallest absolute Gasteiger partial charge is 0.319 e. The first-order valence-corrected chi connectivity index (χ1v) is 7.10. The average molecular weight is 260 g/mol. The molecule has 0 heterocycles. The zero-order valence-electron chi connectivity index (χ0n) is 12.1. The van der Waals surface area contributed by atoms with E-state index < -0.39 is 0 Å². The van der Waals surface area contributed by atoms with Crippen LogP contribution in [0, 0.1) is 5.92 Å². The predicted octanol–water partition coefficient (Wildman–Crippen LogP) is 3.91. The number of carbonyl (C=O) groups is 1. The molecule has 1 aliphatic carbocycles. The monoisotopic (exact) mass is 260 g/mol. The summed E-state index contributed by atoms with van der Waals surface area (Å²) in [4.78, 5) is 11.7.